The average Bonchev–Trinajstić information content (AvgIpc) is 2.63. The third-order valence-corrected chi connectivity index (χ3v) is 3.86. The van der Waals surface area contributed by atoms with Gasteiger partial charge in [0.2, 0.25) is 0 Å². The van der Waals surface area contributed by atoms with Gasteiger partial charge in [0.15, 0.2) is 0 Å². The highest BCUT2D eigenvalue weighted by Gasteiger charge is 2.05. The van der Waals surface area contributed by atoms with Gasteiger partial charge in [-0.05, 0) is 35.4 Å². The number of hydrogen-bond donors (Lipinski definition) is 1. The van der Waals surface area contributed by atoms with Crippen molar-refractivity contribution < 1.29 is 4.74 Å². The van der Waals surface area contributed by atoms with E-state index in [1.165, 1.54) is 0 Å². The van der Waals surface area contributed by atoms with Gasteiger partial charge in [-0.15, -0.1) is 0 Å². The maximum Gasteiger partial charge on any atom is 0.124 e. The van der Waals surface area contributed by atoms with Gasteiger partial charge in [-0.3, -0.25) is 4.98 Å². The predicted molar refractivity (Wildman–Crippen MR) is 97.0 cm³/mol. The van der Waals surface area contributed by atoms with Gasteiger partial charge in [-0.2, -0.15) is 0 Å². The quantitative estimate of drug-likeness (QED) is 0.683. The number of rotatable bonds is 7. The van der Waals surface area contributed by atoms with E-state index in [9.17, 15) is 0 Å². The topological polar surface area (TPSA) is 34.1 Å². The molecule has 3 rings (SSSR count). The molecule has 0 saturated heterocycles. The first-order chi connectivity index (χ1) is 11.8. The van der Waals surface area contributed by atoms with Crippen molar-refractivity contribution in [2.75, 3.05) is 0 Å². The van der Waals surface area contributed by atoms with Gasteiger partial charge < -0.3 is 10.1 Å². The normalized spacial score (nSPS) is 10.5. The van der Waals surface area contributed by atoms with E-state index in [2.05, 4.69) is 22.4 Å². The Kier molecular flexibility index (Phi) is 5.83. The molecule has 2 aromatic carbocycles. The fraction of sp³-hybridized carbons (Fsp3) is 0.150. The van der Waals surface area contributed by atoms with E-state index in [0.717, 1.165) is 29.0 Å². The van der Waals surface area contributed by atoms with E-state index in [1.54, 1.807) is 6.20 Å². The predicted octanol–water partition coefficient (Wildman–Crippen LogP) is 4.60. The van der Waals surface area contributed by atoms with E-state index in [-0.39, 0.29) is 0 Å². The Morgan fingerprint density at radius 1 is 0.917 bits per heavy atom. The van der Waals surface area contributed by atoms with Crippen LogP contribution in [-0.4, -0.2) is 4.98 Å². The van der Waals surface area contributed by atoms with Gasteiger partial charge in [0.1, 0.15) is 12.4 Å². The van der Waals surface area contributed by atoms with Crippen LogP contribution in [0.2, 0.25) is 5.02 Å². The first-order valence-corrected chi connectivity index (χ1v) is 8.24. The lowest BCUT2D eigenvalue weighted by Gasteiger charge is -2.13. The molecule has 3 aromatic rings. The molecule has 0 amide bonds. The second-order valence-corrected chi connectivity index (χ2v) is 5.93. The molecule has 24 heavy (non-hydrogen) atoms. The smallest absolute Gasteiger partial charge is 0.124 e. The third-order valence-electron chi connectivity index (χ3n) is 3.63. The van der Waals surface area contributed by atoms with Crippen LogP contribution in [0.15, 0.2) is 73.1 Å². The molecule has 0 aliphatic heterocycles. The lowest BCUT2D eigenvalue weighted by Crippen LogP contribution is -2.13. The number of nitrogens with one attached hydrogen (secondary N) is 1. The van der Waals surface area contributed by atoms with Gasteiger partial charge >= 0.3 is 0 Å². The molecule has 0 spiro atoms. The summed E-state index contributed by atoms with van der Waals surface area (Å²) in [6.45, 7) is 1.97. The number of halogens is 1. The summed E-state index contributed by atoms with van der Waals surface area (Å²) in [7, 11) is 0. The summed E-state index contributed by atoms with van der Waals surface area (Å²) in [5.41, 5.74) is 3.33. The summed E-state index contributed by atoms with van der Waals surface area (Å²) in [4.78, 5) is 4.12. The molecule has 0 aliphatic carbocycles. The molecule has 0 fully saturated rings. The van der Waals surface area contributed by atoms with Crippen LogP contribution < -0.4 is 10.1 Å². The van der Waals surface area contributed by atoms with Crippen LogP contribution in [0.1, 0.15) is 16.7 Å². The summed E-state index contributed by atoms with van der Waals surface area (Å²) >= 11 is 6.14. The first kappa shape index (κ1) is 16.5. The van der Waals surface area contributed by atoms with Crippen molar-refractivity contribution in [2.45, 2.75) is 19.7 Å². The minimum atomic E-state index is 0.540. The van der Waals surface area contributed by atoms with E-state index >= 15 is 0 Å². The monoisotopic (exact) mass is 338 g/mol. The molecule has 0 saturated carbocycles. The second kappa shape index (κ2) is 8.48. The van der Waals surface area contributed by atoms with Crippen molar-refractivity contribution in [3.8, 4) is 5.75 Å². The van der Waals surface area contributed by atoms with Crippen LogP contribution in [-0.2, 0) is 19.7 Å². The van der Waals surface area contributed by atoms with Crippen molar-refractivity contribution in [3.05, 3.63) is 94.8 Å². The number of ether oxygens (including phenoxy) is 1. The third kappa shape index (κ3) is 4.82. The molecule has 0 bridgehead atoms. The molecule has 0 atom stereocenters. The molecule has 122 valence electrons. The number of pyridine rings is 1. The minimum Gasteiger partial charge on any atom is -0.489 e. The van der Waals surface area contributed by atoms with Crippen LogP contribution in [0.5, 0.6) is 5.75 Å². The highest BCUT2D eigenvalue weighted by atomic mass is 35.5. The zero-order valence-corrected chi connectivity index (χ0v) is 14.0. The first-order valence-electron chi connectivity index (χ1n) is 7.86. The number of aromatic nitrogens is 1. The highest BCUT2D eigenvalue weighted by molar-refractivity contribution is 6.30. The van der Waals surface area contributed by atoms with E-state index in [4.69, 9.17) is 16.3 Å². The Morgan fingerprint density at radius 3 is 2.54 bits per heavy atom. The van der Waals surface area contributed by atoms with Crippen LogP contribution in [0.25, 0.3) is 0 Å². The number of benzene rings is 2. The van der Waals surface area contributed by atoms with Crippen molar-refractivity contribution in [3.63, 3.8) is 0 Å². The minimum absolute atomic E-state index is 0.540. The Balaban J connectivity index is 1.62. The number of hydrogen-bond acceptors (Lipinski definition) is 3. The van der Waals surface area contributed by atoms with Gasteiger partial charge in [-0.25, -0.2) is 0 Å². The maximum atomic E-state index is 6.14. The number of nitrogens with zero attached hydrogens (tertiary/aromatic N) is 1. The van der Waals surface area contributed by atoms with Gasteiger partial charge in [0, 0.05) is 36.1 Å². The Bertz CT molecular complexity index is 763. The molecule has 1 heterocycles. The fourth-order valence-corrected chi connectivity index (χ4v) is 2.60. The van der Waals surface area contributed by atoms with Gasteiger partial charge in [0.25, 0.3) is 0 Å². The van der Waals surface area contributed by atoms with Crippen molar-refractivity contribution in [1.82, 2.24) is 10.3 Å². The molecule has 4 heteroatoms. The summed E-state index contributed by atoms with van der Waals surface area (Å²) in [5, 5.41) is 4.11. The zero-order chi connectivity index (χ0) is 16.6. The maximum absolute atomic E-state index is 6.14. The zero-order valence-electron chi connectivity index (χ0n) is 13.3. The highest BCUT2D eigenvalue weighted by Crippen LogP contribution is 2.24. The second-order valence-electron chi connectivity index (χ2n) is 5.49. The van der Waals surface area contributed by atoms with E-state index in [1.807, 2.05) is 54.7 Å². The lowest BCUT2D eigenvalue weighted by molar-refractivity contribution is 0.302. The van der Waals surface area contributed by atoms with Crippen molar-refractivity contribution >= 4 is 11.6 Å². The van der Waals surface area contributed by atoms with E-state index < -0.39 is 0 Å². The van der Waals surface area contributed by atoms with Gasteiger partial charge in [-0.1, -0.05) is 48.0 Å². The molecular weight excluding hydrogens is 320 g/mol. The van der Waals surface area contributed by atoms with Crippen LogP contribution in [0, 0.1) is 0 Å². The van der Waals surface area contributed by atoms with Crippen molar-refractivity contribution in [1.29, 1.82) is 0 Å². The SMILES string of the molecule is Clc1ccc(OCc2ccccc2)c(CNCc2cccnc2)c1. The van der Waals surface area contributed by atoms with Crippen molar-refractivity contribution in [2.24, 2.45) is 0 Å². The lowest BCUT2D eigenvalue weighted by atomic mass is 10.2. The van der Waals surface area contributed by atoms with Gasteiger partial charge in [0.05, 0.1) is 0 Å². The molecular formula is C20H19ClN2O. The average molecular weight is 339 g/mol. The molecule has 0 aliphatic rings. The molecule has 3 nitrogen and oxygen atoms in total. The standard InChI is InChI=1S/C20H19ClN2O/c21-19-8-9-20(24-15-16-5-2-1-3-6-16)18(11-19)14-23-13-17-7-4-10-22-12-17/h1-12,23H,13-15H2. The van der Waals surface area contributed by atoms with Crippen LogP contribution >= 0.6 is 11.6 Å². The fourth-order valence-electron chi connectivity index (χ4n) is 2.41. The largest absolute Gasteiger partial charge is 0.489 e. The summed E-state index contributed by atoms with van der Waals surface area (Å²) in [6.07, 6.45) is 3.63. The summed E-state index contributed by atoms with van der Waals surface area (Å²) in [6, 6.07) is 19.8. The Labute approximate surface area is 147 Å². The van der Waals surface area contributed by atoms with E-state index in [0.29, 0.717) is 18.2 Å². The Hall–Kier alpha value is -2.36. The Morgan fingerprint density at radius 2 is 1.75 bits per heavy atom. The molecule has 0 unspecified atom stereocenters. The van der Waals surface area contributed by atoms with Crippen LogP contribution in [0.4, 0.5) is 0 Å². The molecule has 0 radical (unpaired) electrons. The summed E-state index contributed by atoms with van der Waals surface area (Å²) < 4.78 is 5.97. The summed E-state index contributed by atoms with van der Waals surface area (Å²) in [5.74, 6) is 0.849. The molecule has 1 aromatic heterocycles. The van der Waals surface area contributed by atoms with Crippen LogP contribution in [0.3, 0.4) is 0 Å². The molecule has 1 N–H and O–H groups in total.